The number of carbonyl (C=O) groups is 1. The molecule has 1 aromatic rings. The summed E-state index contributed by atoms with van der Waals surface area (Å²) in [7, 11) is 0. The lowest BCUT2D eigenvalue weighted by molar-refractivity contribution is -0.120. The average molecular weight is 305 g/mol. The smallest absolute Gasteiger partial charge is 0.241 e. The topological polar surface area (TPSA) is 44.4 Å². The Morgan fingerprint density at radius 3 is 3.18 bits per heavy atom. The molecule has 1 amide bonds. The Morgan fingerprint density at radius 1 is 1.50 bits per heavy atom. The monoisotopic (exact) mass is 305 g/mol. The normalized spacial score (nSPS) is 21.6. The quantitative estimate of drug-likeness (QED) is 0.897. The number of rotatable bonds is 4. The summed E-state index contributed by atoms with van der Waals surface area (Å²) < 4.78 is 14.6. The summed E-state index contributed by atoms with van der Waals surface area (Å²) in [4.78, 5) is 14.7. The van der Waals surface area contributed by atoms with Crippen molar-refractivity contribution in [3.8, 4) is 0 Å². The third kappa shape index (κ3) is 3.01. The number of anilines is 1. The molecule has 0 aromatic heterocycles. The molecule has 0 radical (unpaired) electrons. The molecule has 0 spiro atoms. The van der Waals surface area contributed by atoms with Gasteiger partial charge in [-0.05, 0) is 62.5 Å². The van der Waals surface area contributed by atoms with E-state index in [4.69, 9.17) is 0 Å². The lowest BCUT2D eigenvalue weighted by Gasteiger charge is -2.24. The molecule has 1 fully saturated rings. The van der Waals surface area contributed by atoms with Crippen LogP contribution in [0.2, 0.25) is 0 Å². The minimum absolute atomic E-state index is 0.0706. The molecule has 2 heterocycles. The number of halogens is 1. The van der Waals surface area contributed by atoms with Crippen molar-refractivity contribution in [1.82, 2.24) is 10.2 Å². The van der Waals surface area contributed by atoms with E-state index in [1.54, 1.807) is 6.07 Å². The van der Waals surface area contributed by atoms with Gasteiger partial charge in [-0.15, -0.1) is 0 Å². The first-order valence-corrected chi connectivity index (χ1v) is 8.26. The van der Waals surface area contributed by atoms with Crippen LogP contribution in [-0.2, 0) is 17.8 Å². The number of nitrogens with one attached hydrogen (secondary N) is 2. The van der Waals surface area contributed by atoms with E-state index < -0.39 is 0 Å². The second-order valence-electron chi connectivity index (χ2n) is 6.17. The summed E-state index contributed by atoms with van der Waals surface area (Å²) in [6, 6.07) is 3.49. The number of likely N-dealkylation sites (tertiary alicyclic amines) is 1. The Morgan fingerprint density at radius 2 is 2.36 bits per heavy atom. The summed E-state index contributed by atoms with van der Waals surface area (Å²) in [5, 5.41) is 6.05. The molecule has 5 heteroatoms. The zero-order chi connectivity index (χ0) is 15.5. The fraction of sp³-hybridized carbons (Fsp3) is 0.588. The predicted molar refractivity (Wildman–Crippen MR) is 85.3 cm³/mol. The van der Waals surface area contributed by atoms with Crippen LogP contribution in [0.3, 0.4) is 0 Å². The largest absolute Gasteiger partial charge is 0.322 e. The van der Waals surface area contributed by atoms with Crippen LogP contribution < -0.4 is 10.6 Å². The van der Waals surface area contributed by atoms with Gasteiger partial charge in [0.1, 0.15) is 5.82 Å². The Balaban J connectivity index is 1.74. The van der Waals surface area contributed by atoms with Gasteiger partial charge in [0.05, 0.1) is 11.7 Å². The van der Waals surface area contributed by atoms with E-state index in [0.717, 1.165) is 50.0 Å². The van der Waals surface area contributed by atoms with Crippen molar-refractivity contribution in [2.24, 2.45) is 0 Å². The molecule has 22 heavy (non-hydrogen) atoms. The lowest BCUT2D eigenvalue weighted by Crippen LogP contribution is -2.40. The molecule has 1 atom stereocenters. The standard InChI is InChI=1S/C17H24FN3O/c1-2-9-21-10-3-4-15(21)17(22)20-14-6-5-12-11-19-8-7-13(12)16(14)18/h5-6,15,19H,2-4,7-11H2,1H3,(H,20,22). The molecular weight excluding hydrogens is 281 g/mol. The number of hydrogen-bond donors (Lipinski definition) is 2. The maximum Gasteiger partial charge on any atom is 0.241 e. The van der Waals surface area contributed by atoms with Crippen LogP contribution in [0.1, 0.15) is 37.3 Å². The zero-order valence-electron chi connectivity index (χ0n) is 13.1. The molecular formula is C17H24FN3O. The Hall–Kier alpha value is -1.46. The number of benzene rings is 1. The number of amides is 1. The molecule has 0 saturated carbocycles. The van der Waals surface area contributed by atoms with Crippen LogP contribution in [0.15, 0.2) is 12.1 Å². The van der Waals surface area contributed by atoms with Gasteiger partial charge in [-0.2, -0.15) is 0 Å². The number of hydrogen-bond acceptors (Lipinski definition) is 3. The van der Waals surface area contributed by atoms with Crippen molar-refractivity contribution in [3.63, 3.8) is 0 Å². The third-order valence-corrected chi connectivity index (χ3v) is 4.64. The van der Waals surface area contributed by atoms with Crippen LogP contribution in [0.4, 0.5) is 10.1 Å². The van der Waals surface area contributed by atoms with Gasteiger partial charge in [-0.25, -0.2) is 4.39 Å². The van der Waals surface area contributed by atoms with Gasteiger partial charge in [-0.1, -0.05) is 13.0 Å². The Kier molecular flexibility index (Phi) is 4.74. The summed E-state index contributed by atoms with van der Waals surface area (Å²) in [5.41, 5.74) is 2.07. The molecule has 2 aliphatic rings. The highest BCUT2D eigenvalue weighted by Gasteiger charge is 2.30. The minimum Gasteiger partial charge on any atom is -0.322 e. The average Bonchev–Trinajstić information content (AvgIpc) is 2.99. The second-order valence-corrected chi connectivity index (χ2v) is 6.17. The van der Waals surface area contributed by atoms with Crippen LogP contribution >= 0.6 is 0 Å². The predicted octanol–water partition coefficient (Wildman–Crippen LogP) is 2.28. The first-order valence-electron chi connectivity index (χ1n) is 8.26. The molecule has 1 aromatic carbocycles. The van der Waals surface area contributed by atoms with Crippen molar-refractivity contribution in [1.29, 1.82) is 0 Å². The van der Waals surface area contributed by atoms with E-state index in [1.807, 2.05) is 6.07 Å². The van der Waals surface area contributed by atoms with Crippen LogP contribution in [0.5, 0.6) is 0 Å². The lowest BCUT2D eigenvalue weighted by atomic mass is 9.99. The van der Waals surface area contributed by atoms with Gasteiger partial charge >= 0.3 is 0 Å². The third-order valence-electron chi connectivity index (χ3n) is 4.64. The van der Waals surface area contributed by atoms with Crippen molar-refractivity contribution in [3.05, 3.63) is 29.1 Å². The van der Waals surface area contributed by atoms with E-state index in [2.05, 4.69) is 22.5 Å². The van der Waals surface area contributed by atoms with Gasteiger partial charge < -0.3 is 10.6 Å². The van der Waals surface area contributed by atoms with Gasteiger partial charge in [0, 0.05) is 6.54 Å². The second kappa shape index (κ2) is 6.75. The van der Waals surface area contributed by atoms with Crippen LogP contribution in [0, 0.1) is 5.82 Å². The van der Waals surface area contributed by atoms with E-state index in [1.165, 1.54) is 0 Å². The highest BCUT2D eigenvalue weighted by Crippen LogP contribution is 2.26. The molecule has 4 nitrogen and oxygen atoms in total. The highest BCUT2D eigenvalue weighted by molar-refractivity contribution is 5.95. The van der Waals surface area contributed by atoms with Crippen molar-refractivity contribution >= 4 is 11.6 Å². The molecule has 0 bridgehead atoms. The maximum atomic E-state index is 14.6. The summed E-state index contributed by atoms with van der Waals surface area (Å²) in [5.74, 6) is -0.328. The van der Waals surface area contributed by atoms with Gasteiger partial charge in [0.25, 0.3) is 0 Å². The molecule has 1 unspecified atom stereocenters. The molecule has 1 saturated heterocycles. The molecule has 2 aliphatic heterocycles. The van der Waals surface area contributed by atoms with E-state index >= 15 is 0 Å². The minimum atomic E-state index is -0.257. The molecule has 3 rings (SSSR count). The van der Waals surface area contributed by atoms with Gasteiger partial charge in [-0.3, -0.25) is 9.69 Å². The first-order chi connectivity index (χ1) is 10.7. The van der Waals surface area contributed by atoms with Crippen LogP contribution in [0.25, 0.3) is 0 Å². The summed E-state index contributed by atoms with van der Waals surface area (Å²) >= 11 is 0. The zero-order valence-corrected chi connectivity index (χ0v) is 13.1. The summed E-state index contributed by atoms with van der Waals surface area (Å²) in [6.07, 6.45) is 3.61. The fourth-order valence-electron chi connectivity index (χ4n) is 3.52. The van der Waals surface area contributed by atoms with Gasteiger partial charge in [0.15, 0.2) is 0 Å². The van der Waals surface area contributed by atoms with Crippen LogP contribution in [-0.4, -0.2) is 36.5 Å². The number of nitrogens with zero attached hydrogens (tertiary/aromatic N) is 1. The summed E-state index contributed by atoms with van der Waals surface area (Å²) in [6.45, 7) is 5.49. The Labute approximate surface area is 131 Å². The van der Waals surface area contributed by atoms with E-state index in [0.29, 0.717) is 18.7 Å². The van der Waals surface area contributed by atoms with E-state index in [9.17, 15) is 9.18 Å². The highest BCUT2D eigenvalue weighted by atomic mass is 19.1. The van der Waals surface area contributed by atoms with E-state index in [-0.39, 0.29) is 17.8 Å². The SMILES string of the molecule is CCCN1CCCC1C(=O)Nc1ccc2c(c1F)CCNC2. The van der Waals surface area contributed by atoms with Gasteiger partial charge in [0.2, 0.25) is 5.91 Å². The molecule has 2 N–H and O–H groups in total. The molecule has 0 aliphatic carbocycles. The number of fused-ring (bicyclic) bond motifs is 1. The van der Waals surface area contributed by atoms with Crippen molar-refractivity contribution < 1.29 is 9.18 Å². The Bertz CT molecular complexity index is 561. The van der Waals surface area contributed by atoms with Crippen molar-refractivity contribution in [2.45, 2.75) is 45.2 Å². The molecule has 120 valence electrons. The first kappa shape index (κ1) is 15.4. The fourth-order valence-corrected chi connectivity index (χ4v) is 3.52. The maximum absolute atomic E-state index is 14.6. The number of carbonyl (C=O) groups excluding carboxylic acids is 1. The van der Waals surface area contributed by atoms with Crippen molar-refractivity contribution in [2.75, 3.05) is 25.0 Å².